The third kappa shape index (κ3) is 5.31. The first kappa shape index (κ1) is 26.2. The second kappa shape index (κ2) is 9.55. The molecule has 0 radical (unpaired) electrons. The Morgan fingerprint density at radius 1 is 1.17 bits per heavy atom. The van der Waals surface area contributed by atoms with Crippen LogP contribution in [0.1, 0.15) is 27.7 Å². The molecule has 0 amide bonds. The highest BCUT2D eigenvalue weighted by atomic mass is 32.1. The molecule has 3 aromatic rings. The van der Waals surface area contributed by atoms with Gasteiger partial charge in [-0.2, -0.15) is 13.2 Å². The van der Waals surface area contributed by atoms with Crippen LogP contribution in [-0.2, 0) is 20.8 Å². The van der Waals surface area contributed by atoms with E-state index in [1.807, 2.05) is 44.4 Å². The third-order valence-electron chi connectivity index (χ3n) is 6.56. The molecule has 0 bridgehead atoms. The Kier molecular flexibility index (Phi) is 7.15. The Balaban J connectivity index is 1.87. The summed E-state index contributed by atoms with van der Waals surface area (Å²) in [5.74, 6) is -0.134. The van der Waals surface area contributed by atoms with Gasteiger partial charge in [0.15, 0.2) is 0 Å². The predicted octanol–water partition coefficient (Wildman–Crippen LogP) is 5.37. The quantitative estimate of drug-likeness (QED) is 0.278. The van der Waals surface area contributed by atoms with E-state index in [-0.39, 0.29) is 12.6 Å². The van der Waals surface area contributed by atoms with Crippen LogP contribution in [0, 0.1) is 0 Å². The van der Waals surface area contributed by atoms with Crippen molar-refractivity contribution < 1.29 is 27.6 Å². The minimum atomic E-state index is -2.99. The van der Waals surface area contributed by atoms with Gasteiger partial charge in [-0.15, -0.1) is 0 Å². The van der Waals surface area contributed by atoms with Crippen molar-refractivity contribution in [3.8, 4) is 17.0 Å². The molecular formula is C23H32BF2N3O4SSi. The summed E-state index contributed by atoms with van der Waals surface area (Å²) in [6.45, 7) is 12.6. The molecule has 1 aliphatic rings. The zero-order valence-corrected chi connectivity index (χ0v) is 23.0. The molecule has 0 unspecified atom stereocenters. The Labute approximate surface area is 210 Å². The largest absolute Gasteiger partial charge is 0.513 e. The molecule has 0 atom stereocenters. The molecule has 4 heterocycles. The standard InChI is InChI=1S/C23H32BF2N3O4SSi/c1-22(2)23(3,4)33-24(32-22)18-17(16-13-34-28-20(16)31-21(25)26)15-9-8-10-27-19(15)29(18)14-30-11-12-35(5,6)7/h8-10,13,21H,11-12,14H2,1-7H3. The zero-order chi connectivity index (χ0) is 25.6. The summed E-state index contributed by atoms with van der Waals surface area (Å²) in [6, 6.07) is 4.72. The summed E-state index contributed by atoms with van der Waals surface area (Å²) >= 11 is 1.05. The number of ether oxygens (including phenoxy) is 2. The number of alkyl halides is 2. The maximum Gasteiger partial charge on any atom is 0.513 e. The van der Waals surface area contributed by atoms with E-state index in [9.17, 15) is 8.78 Å². The molecule has 35 heavy (non-hydrogen) atoms. The van der Waals surface area contributed by atoms with E-state index in [1.165, 1.54) is 0 Å². The maximum absolute atomic E-state index is 13.2. The van der Waals surface area contributed by atoms with Gasteiger partial charge in [0.05, 0.1) is 22.4 Å². The van der Waals surface area contributed by atoms with E-state index >= 15 is 0 Å². The molecule has 0 aromatic carbocycles. The van der Waals surface area contributed by atoms with Gasteiger partial charge in [-0.1, -0.05) is 19.6 Å². The van der Waals surface area contributed by atoms with Gasteiger partial charge in [-0.3, -0.25) is 0 Å². The number of aromatic nitrogens is 3. The number of rotatable bonds is 9. The van der Waals surface area contributed by atoms with Gasteiger partial charge in [0.2, 0.25) is 5.88 Å². The van der Waals surface area contributed by atoms with E-state index in [2.05, 4.69) is 29.0 Å². The van der Waals surface area contributed by atoms with E-state index in [4.69, 9.17) is 18.8 Å². The molecule has 1 saturated heterocycles. The second-order valence-electron chi connectivity index (χ2n) is 10.9. The zero-order valence-electron chi connectivity index (χ0n) is 21.2. The van der Waals surface area contributed by atoms with Crippen molar-refractivity contribution in [2.75, 3.05) is 6.61 Å². The molecular weight excluding hydrogens is 491 g/mol. The van der Waals surface area contributed by atoms with E-state index in [0.29, 0.717) is 29.0 Å². The predicted molar refractivity (Wildman–Crippen MR) is 137 cm³/mol. The molecule has 1 fully saturated rings. The molecule has 12 heteroatoms. The second-order valence-corrected chi connectivity index (χ2v) is 17.2. The summed E-state index contributed by atoms with van der Waals surface area (Å²) in [5, 5.41) is 2.45. The fourth-order valence-corrected chi connectivity index (χ4v) is 5.27. The Bertz CT molecular complexity index is 1180. The normalized spacial score (nSPS) is 17.6. The van der Waals surface area contributed by atoms with Crippen LogP contribution in [0.5, 0.6) is 5.88 Å². The van der Waals surface area contributed by atoms with E-state index in [0.717, 1.165) is 23.0 Å². The highest BCUT2D eigenvalue weighted by molar-refractivity contribution is 7.04. The molecule has 1 aliphatic heterocycles. The van der Waals surface area contributed by atoms with E-state index < -0.39 is 33.0 Å². The van der Waals surface area contributed by atoms with Gasteiger partial charge in [0, 0.05) is 37.2 Å². The lowest BCUT2D eigenvalue weighted by atomic mass is 9.79. The number of fused-ring (bicyclic) bond motifs is 1. The molecule has 4 rings (SSSR count). The van der Waals surface area contributed by atoms with Gasteiger partial charge in [-0.05, 0) is 57.4 Å². The summed E-state index contributed by atoms with van der Waals surface area (Å²) in [4.78, 5) is 4.61. The minimum absolute atomic E-state index is 0.134. The molecule has 0 aliphatic carbocycles. The summed E-state index contributed by atoms with van der Waals surface area (Å²) in [5.41, 5.74) is 1.18. The topological polar surface area (TPSA) is 67.6 Å². The third-order valence-corrected chi connectivity index (χ3v) is 8.88. The van der Waals surface area contributed by atoms with Gasteiger partial charge < -0.3 is 23.3 Å². The minimum Gasteiger partial charge on any atom is -0.415 e. The fourth-order valence-electron chi connectivity index (χ4n) is 3.90. The van der Waals surface area contributed by atoms with Crippen LogP contribution in [-0.4, -0.2) is 53.5 Å². The number of halogens is 2. The highest BCUT2D eigenvalue weighted by Crippen LogP contribution is 2.41. The number of nitrogens with zero attached hydrogens (tertiary/aromatic N) is 3. The molecule has 0 saturated carbocycles. The van der Waals surface area contributed by atoms with Gasteiger partial charge in [0.25, 0.3) is 0 Å². The average molecular weight is 523 g/mol. The lowest BCUT2D eigenvalue weighted by Gasteiger charge is -2.32. The van der Waals surface area contributed by atoms with Crippen LogP contribution >= 0.6 is 11.5 Å². The van der Waals surface area contributed by atoms with Gasteiger partial charge in [-0.25, -0.2) is 4.98 Å². The first-order valence-electron chi connectivity index (χ1n) is 11.6. The van der Waals surface area contributed by atoms with Crippen LogP contribution in [0.3, 0.4) is 0 Å². The van der Waals surface area contributed by atoms with Crippen molar-refractivity contribution in [1.29, 1.82) is 0 Å². The summed E-state index contributed by atoms with van der Waals surface area (Å²) in [6.07, 6.45) is 1.70. The Hall–Kier alpha value is -1.86. The average Bonchev–Trinajstić information content (AvgIpc) is 3.36. The number of pyridine rings is 1. The SMILES string of the molecule is CC1(C)OB(c2c(-c3csnc3OC(F)F)c3cccnc3n2COCC[Si](C)(C)C)OC1(C)C. The van der Waals surface area contributed by atoms with Crippen molar-refractivity contribution in [2.24, 2.45) is 0 Å². The van der Waals surface area contributed by atoms with Crippen LogP contribution in [0.2, 0.25) is 25.7 Å². The summed E-state index contributed by atoms with van der Waals surface area (Å²) < 4.78 is 56.1. The first-order chi connectivity index (χ1) is 16.3. The summed E-state index contributed by atoms with van der Waals surface area (Å²) in [7, 11) is -2.06. The highest BCUT2D eigenvalue weighted by Gasteiger charge is 2.54. The van der Waals surface area contributed by atoms with Crippen LogP contribution in [0.4, 0.5) is 8.78 Å². The van der Waals surface area contributed by atoms with Gasteiger partial charge >= 0.3 is 13.7 Å². The number of hydrogen-bond acceptors (Lipinski definition) is 7. The molecule has 7 nitrogen and oxygen atoms in total. The van der Waals surface area contributed by atoms with Crippen molar-refractivity contribution in [1.82, 2.24) is 13.9 Å². The smallest absolute Gasteiger partial charge is 0.415 e. The van der Waals surface area contributed by atoms with E-state index in [1.54, 1.807) is 11.6 Å². The molecule has 0 N–H and O–H groups in total. The van der Waals surface area contributed by atoms with Crippen molar-refractivity contribution in [3.05, 3.63) is 23.7 Å². The lowest BCUT2D eigenvalue weighted by Crippen LogP contribution is -2.41. The molecule has 0 spiro atoms. The van der Waals surface area contributed by atoms with Crippen molar-refractivity contribution in [2.45, 2.75) is 77.9 Å². The monoisotopic (exact) mass is 523 g/mol. The van der Waals surface area contributed by atoms with Crippen LogP contribution < -0.4 is 10.3 Å². The van der Waals surface area contributed by atoms with Crippen LogP contribution in [0.15, 0.2) is 23.7 Å². The molecule has 3 aromatic heterocycles. The van der Waals surface area contributed by atoms with Crippen molar-refractivity contribution in [3.63, 3.8) is 0 Å². The molecule has 190 valence electrons. The van der Waals surface area contributed by atoms with Gasteiger partial charge in [0.1, 0.15) is 12.4 Å². The number of hydrogen-bond donors (Lipinski definition) is 0. The van der Waals surface area contributed by atoms with Crippen molar-refractivity contribution >= 4 is 43.4 Å². The fraction of sp³-hybridized carbons (Fsp3) is 0.565. The lowest BCUT2D eigenvalue weighted by molar-refractivity contribution is -0.0518. The van der Waals surface area contributed by atoms with Crippen LogP contribution in [0.25, 0.3) is 22.2 Å². The Morgan fingerprint density at radius 3 is 2.49 bits per heavy atom. The first-order valence-corrected chi connectivity index (χ1v) is 16.2. The Morgan fingerprint density at radius 2 is 1.86 bits per heavy atom. The maximum atomic E-state index is 13.2.